The number of nitrogens with zero attached hydrogens (tertiary/aromatic N) is 2. The molecule has 1 fully saturated rings. The molecule has 220 valence electrons. The van der Waals surface area contributed by atoms with Crippen LogP contribution in [0.3, 0.4) is 0 Å². The standard InChI is InChI=1S/C28H25F4N5O5/c1-40-18-8-14(9-19-22(18)37-25(33)42-19)24(38)35-11-26(39,15-4-5-15)20-10-17-23(41-12-27(17,34)28(30,31)32)21(36-20)13-2-6-16(29)7-3-13/h2-3,6-10,15,39H,4-5,11-12,34H2,1H3,(H2,33,37)(H,35,38)/t26?,27-/m0/s1. The molecular formula is C28H25F4N5O5. The Bertz CT molecular complexity index is 1710. The van der Waals surface area contributed by atoms with Crippen LogP contribution >= 0.6 is 0 Å². The number of rotatable bonds is 7. The summed E-state index contributed by atoms with van der Waals surface area (Å²) >= 11 is 0. The first kappa shape index (κ1) is 27.7. The minimum absolute atomic E-state index is 0.0393. The van der Waals surface area contributed by atoms with Crippen LogP contribution in [0.25, 0.3) is 22.4 Å². The number of ether oxygens (including phenoxy) is 2. The summed E-state index contributed by atoms with van der Waals surface area (Å²) in [5.74, 6) is -1.59. The zero-order valence-electron chi connectivity index (χ0n) is 22.1. The summed E-state index contributed by atoms with van der Waals surface area (Å²) in [5, 5.41) is 14.6. The van der Waals surface area contributed by atoms with Crippen LogP contribution in [0.15, 0.2) is 46.9 Å². The van der Waals surface area contributed by atoms with Gasteiger partial charge in [-0.15, -0.1) is 0 Å². The van der Waals surface area contributed by atoms with Crippen molar-refractivity contribution in [3.05, 3.63) is 65.1 Å². The van der Waals surface area contributed by atoms with Crippen molar-refractivity contribution in [1.82, 2.24) is 15.3 Å². The number of fused-ring (bicyclic) bond motifs is 2. The highest BCUT2D eigenvalue weighted by atomic mass is 19.4. The first-order chi connectivity index (χ1) is 19.8. The number of pyridine rings is 1. The van der Waals surface area contributed by atoms with Gasteiger partial charge < -0.3 is 35.8 Å². The monoisotopic (exact) mass is 587 g/mol. The van der Waals surface area contributed by atoms with Crippen LogP contribution in [0, 0.1) is 11.7 Å². The van der Waals surface area contributed by atoms with Crippen molar-refractivity contribution in [2.24, 2.45) is 11.7 Å². The molecule has 2 aromatic carbocycles. The Hall–Kier alpha value is -4.43. The molecule has 1 amide bonds. The second-order valence-corrected chi connectivity index (χ2v) is 10.5. The lowest BCUT2D eigenvalue weighted by atomic mass is 9.86. The van der Waals surface area contributed by atoms with Crippen molar-refractivity contribution in [3.63, 3.8) is 0 Å². The fraction of sp³-hybridized carbons (Fsp3) is 0.321. The highest BCUT2D eigenvalue weighted by molar-refractivity contribution is 5.99. The van der Waals surface area contributed by atoms with Crippen molar-refractivity contribution in [2.45, 2.75) is 30.2 Å². The number of methoxy groups -OCH3 is 1. The van der Waals surface area contributed by atoms with Crippen LogP contribution in [0.2, 0.25) is 0 Å². The van der Waals surface area contributed by atoms with E-state index >= 15 is 0 Å². The van der Waals surface area contributed by atoms with E-state index in [0.29, 0.717) is 18.4 Å². The number of nitrogens with one attached hydrogen (secondary N) is 1. The van der Waals surface area contributed by atoms with Crippen LogP contribution in [-0.4, -0.2) is 47.4 Å². The van der Waals surface area contributed by atoms with Gasteiger partial charge in [0.2, 0.25) is 0 Å². The van der Waals surface area contributed by atoms with Gasteiger partial charge in [0.05, 0.1) is 19.3 Å². The zero-order valence-corrected chi connectivity index (χ0v) is 22.1. The average molecular weight is 588 g/mol. The van der Waals surface area contributed by atoms with Crippen LogP contribution in [0.4, 0.5) is 23.6 Å². The third-order valence-corrected chi connectivity index (χ3v) is 7.69. The molecule has 0 radical (unpaired) electrons. The molecule has 2 atom stereocenters. The third kappa shape index (κ3) is 4.47. The van der Waals surface area contributed by atoms with E-state index in [1.54, 1.807) is 0 Å². The Morgan fingerprint density at radius 3 is 2.55 bits per heavy atom. The molecular weight excluding hydrogens is 562 g/mol. The average Bonchev–Trinajstić information content (AvgIpc) is 3.66. The predicted octanol–water partition coefficient (Wildman–Crippen LogP) is 3.76. The maximum absolute atomic E-state index is 14.2. The molecule has 2 aliphatic rings. The zero-order chi connectivity index (χ0) is 30.0. The van der Waals surface area contributed by atoms with E-state index in [4.69, 9.17) is 25.4 Å². The van der Waals surface area contributed by atoms with Gasteiger partial charge in [-0.3, -0.25) is 4.79 Å². The van der Waals surface area contributed by atoms with E-state index in [0.717, 1.165) is 18.2 Å². The summed E-state index contributed by atoms with van der Waals surface area (Å²) in [7, 11) is 1.38. The molecule has 0 spiro atoms. The number of hydrogen-bond acceptors (Lipinski definition) is 9. The Labute approximate surface area is 235 Å². The molecule has 14 heteroatoms. The van der Waals surface area contributed by atoms with Gasteiger partial charge in [0.1, 0.15) is 29.5 Å². The second-order valence-electron chi connectivity index (χ2n) is 10.5. The number of benzene rings is 2. The highest BCUT2D eigenvalue weighted by Crippen LogP contribution is 2.52. The number of anilines is 1. The first-order valence-corrected chi connectivity index (χ1v) is 12.9. The van der Waals surface area contributed by atoms with E-state index in [2.05, 4.69) is 15.3 Å². The summed E-state index contributed by atoms with van der Waals surface area (Å²) in [5.41, 5.74) is 7.03. The van der Waals surface area contributed by atoms with E-state index < -0.39 is 53.7 Å². The molecule has 3 heterocycles. The lowest BCUT2D eigenvalue weighted by Gasteiger charge is -2.31. The van der Waals surface area contributed by atoms with Gasteiger partial charge in [-0.2, -0.15) is 18.2 Å². The number of carbonyl (C=O) groups excluding carboxylic acids is 1. The smallest absolute Gasteiger partial charge is 0.414 e. The number of nitrogens with two attached hydrogens (primary N) is 2. The summed E-state index contributed by atoms with van der Waals surface area (Å²) in [6.07, 6.45) is -3.82. The Morgan fingerprint density at radius 2 is 1.90 bits per heavy atom. The molecule has 1 aliphatic carbocycles. The number of alkyl halides is 3. The number of nitrogen functional groups attached to an aromatic ring is 1. The molecule has 6 rings (SSSR count). The van der Waals surface area contributed by atoms with Crippen molar-refractivity contribution in [1.29, 1.82) is 0 Å². The van der Waals surface area contributed by atoms with Gasteiger partial charge >= 0.3 is 6.18 Å². The first-order valence-electron chi connectivity index (χ1n) is 12.9. The Kier molecular flexibility index (Phi) is 6.31. The predicted molar refractivity (Wildman–Crippen MR) is 141 cm³/mol. The van der Waals surface area contributed by atoms with E-state index in [1.807, 2.05) is 0 Å². The number of aromatic nitrogens is 2. The van der Waals surface area contributed by atoms with E-state index in [-0.39, 0.29) is 45.6 Å². The Morgan fingerprint density at radius 1 is 1.19 bits per heavy atom. The minimum Gasteiger partial charge on any atom is -0.494 e. The van der Waals surface area contributed by atoms with Crippen LogP contribution < -0.4 is 26.3 Å². The molecule has 1 unspecified atom stereocenters. The van der Waals surface area contributed by atoms with E-state index in [1.165, 1.54) is 31.4 Å². The molecule has 2 aromatic heterocycles. The number of carbonyl (C=O) groups is 1. The molecule has 0 bridgehead atoms. The highest BCUT2D eigenvalue weighted by Gasteiger charge is 2.59. The molecule has 0 saturated heterocycles. The molecule has 42 heavy (non-hydrogen) atoms. The number of halogens is 4. The maximum atomic E-state index is 14.2. The summed E-state index contributed by atoms with van der Waals surface area (Å²) in [4.78, 5) is 21.7. The number of hydrogen-bond donors (Lipinski definition) is 4. The number of oxazole rings is 1. The molecule has 6 N–H and O–H groups in total. The third-order valence-electron chi connectivity index (χ3n) is 7.69. The lowest BCUT2D eigenvalue weighted by molar-refractivity contribution is -0.191. The Balaban J connectivity index is 1.40. The second kappa shape index (κ2) is 9.56. The quantitative estimate of drug-likeness (QED) is 0.236. The fourth-order valence-electron chi connectivity index (χ4n) is 5.16. The summed E-state index contributed by atoms with van der Waals surface area (Å²) in [6.45, 7) is -1.30. The number of aliphatic hydroxyl groups is 1. The van der Waals surface area contributed by atoms with Crippen molar-refractivity contribution >= 4 is 23.0 Å². The minimum atomic E-state index is -4.90. The molecule has 1 saturated carbocycles. The van der Waals surface area contributed by atoms with E-state index in [9.17, 15) is 27.5 Å². The van der Waals surface area contributed by atoms with Gasteiger partial charge in [-0.1, -0.05) is 0 Å². The molecule has 4 aromatic rings. The summed E-state index contributed by atoms with van der Waals surface area (Å²) < 4.78 is 72.3. The molecule has 10 nitrogen and oxygen atoms in total. The van der Waals surface area contributed by atoms with Crippen LogP contribution in [0.5, 0.6) is 11.5 Å². The molecule has 1 aliphatic heterocycles. The maximum Gasteiger partial charge on any atom is 0.414 e. The van der Waals surface area contributed by atoms with Gasteiger partial charge in [-0.05, 0) is 61.2 Å². The van der Waals surface area contributed by atoms with Crippen LogP contribution in [0.1, 0.15) is 34.5 Å². The van der Waals surface area contributed by atoms with Gasteiger partial charge in [-0.25, -0.2) is 9.37 Å². The summed E-state index contributed by atoms with van der Waals surface area (Å²) in [6, 6.07) is 8.72. The lowest BCUT2D eigenvalue weighted by Crippen LogP contribution is -2.52. The SMILES string of the molecule is COc1cc(C(=O)NCC(O)(c2cc3c(c(-c4ccc(F)cc4)n2)OC[C@@]3(N)C(F)(F)F)C2CC2)cc2oc(N)nc12. The van der Waals surface area contributed by atoms with Crippen LogP contribution in [-0.2, 0) is 11.1 Å². The van der Waals surface area contributed by atoms with Gasteiger partial charge in [0.25, 0.3) is 11.9 Å². The topological polar surface area (TPSA) is 159 Å². The fourth-order valence-corrected chi connectivity index (χ4v) is 5.16. The largest absolute Gasteiger partial charge is 0.494 e. The van der Waals surface area contributed by atoms with Crippen molar-refractivity contribution < 1.29 is 41.4 Å². The van der Waals surface area contributed by atoms with Crippen molar-refractivity contribution in [3.8, 4) is 22.8 Å². The normalized spacial score (nSPS) is 19.7. The van der Waals surface area contributed by atoms with Gasteiger partial charge in [0, 0.05) is 16.7 Å². The van der Waals surface area contributed by atoms with Crippen molar-refractivity contribution in [2.75, 3.05) is 26.0 Å². The number of amides is 1. The van der Waals surface area contributed by atoms with Gasteiger partial charge in [0.15, 0.2) is 22.4 Å².